The van der Waals surface area contributed by atoms with Crippen molar-refractivity contribution < 1.29 is 40.6 Å². The number of aromatic nitrogens is 1. The van der Waals surface area contributed by atoms with Crippen LogP contribution in [-0.4, -0.2) is 42.2 Å². The van der Waals surface area contributed by atoms with Crippen LogP contribution < -0.4 is 14.8 Å². The van der Waals surface area contributed by atoms with Crippen LogP contribution in [-0.2, 0) is 23.2 Å². The van der Waals surface area contributed by atoms with E-state index in [1.54, 1.807) is 0 Å². The van der Waals surface area contributed by atoms with Crippen molar-refractivity contribution in [1.82, 2.24) is 9.29 Å². The second-order valence-corrected chi connectivity index (χ2v) is 8.89. The van der Waals surface area contributed by atoms with Crippen LogP contribution in [0, 0.1) is 18.2 Å². The Hall–Kier alpha value is -3.08. The summed E-state index contributed by atoms with van der Waals surface area (Å²) in [5.41, 5.74) is -4.20. The van der Waals surface area contributed by atoms with Gasteiger partial charge in [0.05, 0.1) is 11.6 Å². The van der Waals surface area contributed by atoms with Gasteiger partial charge in [0, 0.05) is 18.9 Å². The zero-order valence-electron chi connectivity index (χ0n) is 16.6. The van der Waals surface area contributed by atoms with Gasteiger partial charge in [0.15, 0.2) is 11.4 Å². The lowest BCUT2D eigenvalue weighted by molar-refractivity contribution is -0.139. The van der Waals surface area contributed by atoms with Gasteiger partial charge in [-0.25, -0.2) is 17.5 Å². The molecule has 1 aliphatic rings. The van der Waals surface area contributed by atoms with E-state index in [2.05, 4.69) is 10.0 Å². The zero-order valence-corrected chi connectivity index (χ0v) is 17.4. The van der Waals surface area contributed by atoms with Crippen molar-refractivity contribution in [3.05, 3.63) is 41.5 Å². The van der Waals surface area contributed by atoms with E-state index in [1.807, 2.05) is 5.92 Å². The SMILES string of the molecule is C#C[C@@](C)(O)[C@@H]1COc2c(cn(C)c2C(=O)Nc2ccc(F)c(C(F)(F)F)c2)S(=O)(=O)N1. The minimum absolute atomic E-state index is 0.329. The highest BCUT2D eigenvalue weighted by Crippen LogP contribution is 2.35. The first kappa shape index (κ1) is 23.6. The molecule has 0 aliphatic carbocycles. The third kappa shape index (κ3) is 4.29. The number of aryl methyl sites for hydroxylation is 1. The predicted octanol–water partition coefficient (Wildman–Crippen LogP) is 1.86. The van der Waals surface area contributed by atoms with Crippen molar-refractivity contribution in [2.75, 3.05) is 11.9 Å². The average molecular weight is 475 g/mol. The quantitative estimate of drug-likeness (QED) is 0.464. The monoisotopic (exact) mass is 475 g/mol. The number of nitrogens with one attached hydrogen (secondary N) is 2. The highest BCUT2D eigenvalue weighted by molar-refractivity contribution is 7.89. The minimum Gasteiger partial charge on any atom is -0.488 e. The van der Waals surface area contributed by atoms with Crippen molar-refractivity contribution in [3.8, 4) is 18.1 Å². The van der Waals surface area contributed by atoms with E-state index >= 15 is 0 Å². The number of alkyl halides is 3. The van der Waals surface area contributed by atoms with E-state index in [9.17, 15) is 35.9 Å². The van der Waals surface area contributed by atoms with Crippen molar-refractivity contribution in [2.45, 2.75) is 29.6 Å². The number of anilines is 1. The van der Waals surface area contributed by atoms with Gasteiger partial charge < -0.3 is 19.7 Å². The Balaban J connectivity index is 1.99. The topological polar surface area (TPSA) is 110 Å². The molecule has 3 N–H and O–H groups in total. The van der Waals surface area contributed by atoms with Crippen LogP contribution in [0.15, 0.2) is 29.3 Å². The Morgan fingerprint density at radius 3 is 2.66 bits per heavy atom. The number of rotatable bonds is 3. The second-order valence-electron chi connectivity index (χ2n) is 7.21. The molecule has 2 atom stereocenters. The Bertz CT molecular complexity index is 1230. The number of sulfonamides is 1. The number of hydrogen-bond acceptors (Lipinski definition) is 5. The number of fused-ring (bicyclic) bond motifs is 1. The van der Waals surface area contributed by atoms with E-state index in [0.29, 0.717) is 12.1 Å². The van der Waals surface area contributed by atoms with Gasteiger partial charge in [0.25, 0.3) is 5.91 Å². The summed E-state index contributed by atoms with van der Waals surface area (Å²) in [6, 6.07) is 0.622. The third-order valence-electron chi connectivity index (χ3n) is 4.80. The number of aliphatic hydroxyl groups is 1. The molecule has 3 rings (SSSR count). The molecule has 0 saturated carbocycles. The summed E-state index contributed by atoms with van der Waals surface area (Å²) in [6.07, 6.45) is 1.31. The largest absolute Gasteiger partial charge is 0.488 e. The number of carbonyl (C=O) groups excluding carboxylic acids is 1. The van der Waals surface area contributed by atoms with E-state index in [0.717, 1.165) is 16.8 Å². The minimum atomic E-state index is -4.99. The number of terminal acetylenes is 1. The first-order valence-electron chi connectivity index (χ1n) is 8.90. The predicted molar refractivity (Wildman–Crippen MR) is 104 cm³/mol. The molecule has 0 unspecified atom stereocenters. The first-order chi connectivity index (χ1) is 14.7. The molecule has 172 valence electrons. The molecule has 1 amide bonds. The summed E-state index contributed by atoms with van der Waals surface area (Å²) in [5.74, 6) is -0.870. The van der Waals surface area contributed by atoms with Gasteiger partial charge in [-0.3, -0.25) is 4.79 Å². The molecule has 2 aromatic rings. The molecule has 13 heteroatoms. The van der Waals surface area contributed by atoms with E-state index in [-0.39, 0.29) is 17.1 Å². The van der Waals surface area contributed by atoms with Crippen molar-refractivity contribution >= 4 is 21.6 Å². The summed E-state index contributed by atoms with van der Waals surface area (Å²) < 4.78 is 86.5. The maximum absolute atomic E-state index is 13.5. The van der Waals surface area contributed by atoms with E-state index in [1.165, 1.54) is 14.0 Å². The Morgan fingerprint density at radius 2 is 2.06 bits per heavy atom. The number of nitrogens with zero attached hydrogens (tertiary/aromatic N) is 1. The molecule has 2 heterocycles. The van der Waals surface area contributed by atoms with Crippen LogP contribution >= 0.6 is 0 Å². The molecule has 0 bridgehead atoms. The van der Waals surface area contributed by atoms with Crippen LogP contribution in [0.2, 0.25) is 0 Å². The molecular weight excluding hydrogens is 458 g/mol. The van der Waals surface area contributed by atoms with Crippen molar-refractivity contribution in [2.24, 2.45) is 7.05 Å². The van der Waals surface area contributed by atoms with Crippen LogP contribution in [0.25, 0.3) is 0 Å². The van der Waals surface area contributed by atoms with Gasteiger partial charge in [-0.1, -0.05) is 5.92 Å². The van der Waals surface area contributed by atoms with Crippen LogP contribution in [0.1, 0.15) is 23.0 Å². The number of benzene rings is 1. The van der Waals surface area contributed by atoms with Gasteiger partial charge in [-0.05, 0) is 25.1 Å². The average Bonchev–Trinajstić information content (AvgIpc) is 2.96. The number of halogens is 4. The highest BCUT2D eigenvalue weighted by atomic mass is 32.2. The van der Waals surface area contributed by atoms with E-state index < -0.39 is 56.6 Å². The second kappa shape index (κ2) is 7.80. The molecule has 1 aromatic carbocycles. The maximum Gasteiger partial charge on any atom is 0.419 e. The highest BCUT2D eigenvalue weighted by Gasteiger charge is 2.41. The zero-order chi connectivity index (χ0) is 24.1. The number of carbonyl (C=O) groups is 1. The van der Waals surface area contributed by atoms with Crippen LogP contribution in [0.4, 0.5) is 23.2 Å². The fourth-order valence-corrected chi connectivity index (χ4v) is 4.51. The van der Waals surface area contributed by atoms with Gasteiger partial charge >= 0.3 is 6.18 Å². The van der Waals surface area contributed by atoms with Gasteiger partial charge in [0.2, 0.25) is 10.0 Å². The number of hydrogen-bond donors (Lipinski definition) is 3. The fraction of sp³-hybridized carbons (Fsp3) is 0.316. The van der Waals surface area contributed by atoms with Gasteiger partial charge in [0.1, 0.15) is 22.9 Å². The fourth-order valence-electron chi connectivity index (χ4n) is 3.01. The molecule has 1 aromatic heterocycles. The first-order valence-corrected chi connectivity index (χ1v) is 10.4. The summed E-state index contributed by atoms with van der Waals surface area (Å²) >= 11 is 0. The summed E-state index contributed by atoms with van der Waals surface area (Å²) in [4.78, 5) is 12.4. The molecule has 0 spiro atoms. The van der Waals surface area contributed by atoms with Crippen molar-refractivity contribution in [3.63, 3.8) is 0 Å². The Labute approximate surface area is 180 Å². The number of amides is 1. The third-order valence-corrected chi connectivity index (χ3v) is 6.26. The summed E-state index contributed by atoms with van der Waals surface area (Å²) in [7, 11) is -2.97. The van der Waals surface area contributed by atoms with Gasteiger partial charge in [-0.15, -0.1) is 6.42 Å². The van der Waals surface area contributed by atoms with Crippen molar-refractivity contribution in [1.29, 1.82) is 0 Å². The Morgan fingerprint density at radius 1 is 1.41 bits per heavy atom. The smallest absolute Gasteiger partial charge is 0.419 e. The van der Waals surface area contributed by atoms with Crippen LogP contribution in [0.3, 0.4) is 0 Å². The molecule has 0 saturated heterocycles. The molecule has 0 fully saturated rings. The molecule has 0 radical (unpaired) electrons. The van der Waals surface area contributed by atoms with Crippen LogP contribution in [0.5, 0.6) is 5.75 Å². The lowest BCUT2D eigenvalue weighted by atomic mass is 9.99. The lowest BCUT2D eigenvalue weighted by Gasteiger charge is -2.26. The van der Waals surface area contributed by atoms with E-state index in [4.69, 9.17) is 11.2 Å². The maximum atomic E-state index is 13.5. The molecule has 1 aliphatic heterocycles. The lowest BCUT2D eigenvalue weighted by Crippen LogP contribution is -2.52. The normalized spacial score (nSPS) is 19.6. The Kier molecular flexibility index (Phi) is 5.75. The molecule has 8 nitrogen and oxygen atoms in total. The van der Waals surface area contributed by atoms with Gasteiger partial charge in [-0.2, -0.15) is 13.2 Å². The standard InChI is InChI=1S/C19H17F4N3O5S/c1-4-18(2,28)14-9-31-16-13(32(29,30)25-14)8-26(3)15(16)17(27)24-10-5-6-12(20)11(7-10)19(21,22)23/h1,5-8,14,25,28H,9H2,2-3H3,(H,24,27)/t14-,18+/m0/s1. The summed E-state index contributed by atoms with van der Waals surface area (Å²) in [5, 5.41) is 12.4. The summed E-state index contributed by atoms with van der Waals surface area (Å²) in [6.45, 7) is 0.752. The molecule has 32 heavy (non-hydrogen) atoms. The molecular formula is C19H17F4N3O5S. The number of ether oxygens (including phenoxy) is 1.